The van der Waals surface area contributed by atoms with Crippen molar-refractivity contribution in [3.8, 4) is 0 Å². The van der Waals surface area contributed by atoms with Crippen LogP contribution in [-0.4, -0.2) is 177 Å². The molecular weight excluding hydrogens is 1240 g/mol. The van der Waals surface area contributed by atoms with Crippen molar-refractivity contribution in [2.24, 2.45) is 0 Å². The van der Waals surface area contributed by atoms with E-state index in [-0.39, 0.29) is 105 Å². The molecule has 0 heterocycles. The molecular formula is C35H46I4N6O14. The van der Waals surface area contributed by atoms with Crippen molar-refractivity contribution in [1.82, 2.24) is 20.4 Å². The molecule has 2 aromatic carbocycles. The third-order valence-electron chi connectivity index (χ3n) is 8.48. The largest absolute Gasteiger partial charge is 0.395 e. The second-order valence-corrected chi connectivity index (χ2v) is 17.0. The van der Waals surface area contributed by atoms with E-state index >= 15 is 0 Å². The maximum absolute atomic E-state index is 13.8. The molecule has 2 aromatic rings. The van der Waals surface area contributed by atoms with Gasteiger partial charge in [0.1, 0.15) is 13.2 Å². The predicted molar refractivity (Wildman–Crippen MR) is 246 cm³/mol. The zero-order valence-electron chi connectivity index (χ0n) is 31.8. The SMILES string of the molecule is Cc1c(NC(=O)CO)c(I)c(C(=O)NCCCNC(=O)c2c(C)c(NC(=O)CO)c(I)c(C(=O)N(CCO)CC(O)CO)c2I)c(I)c1C(=O)N(CCO)CC(O)CO. The molecule has 0 radical (unpaired) electrons. The van der Waals surface area contributed by atoms with Crippen LogP contribution in [0.4, 0.5) is 11.4 Å². The highest BCUT2D eigenvalue weighted by Gasteiger charge is 2.32. The van der Waals surface area contributed by atoms with Crippen molar-refractivity contribution in [2.45, 2.75) is 32.5 Å². The van der Waals surface area contributed by atoms with Crippen molar-refractivity contribution in [3.05, 3.63) is 47.7 Å². The molecule has 2 rings (SSSR count). The number of hydrogen-bond donors (Lipinski definition) is 12. The van der Waals surface area contributed by atoms with Crippen LogP contribution in [0.1, 0.15) is 59.0 Å². The number of amides is 6. The van der Waals surface area contributed by atoms with Crippen LogP contribution in [0, 0.1) is 28.1 Å². The Kier molecular flexibility index (Phi) is 23.1. The van der Waals surface area contributed by atoms with Gasteiger partial charge in [0.25, 0.3) is 23.6 Å². The lowest BCUT2D eigenvalue weighted by Gasteiger charge is -2.27. The maximum atomic E-state index is 13.8. The molecule has 0 aromatic heterocycles. The van der Waals surface area contributed by atoms with Gasteiger partial charge in [-0.1, -0.05) is 0 Å². The Bertz CT molecular complexity index is 1760. The van der Waals surface area contributed by atoms with Gasteiger partial charge in [0.15, 0.2) is 0 Å². The Morgan fingerprint density at radius 3 is 1.34 bits per heavy atom. The van der Waals surface area contributed by atoms with Gasteiger partial charge < -0.3 is 71.9 Å². The molecule has 0 aliphatic carbocycles. The van der Waals surface area contributed by atoms with E-state index in [1.807, 2.05) is 45.2 Å². The van der Waals surface area contributed by atoms with E-state index in [0.717, 1.165) is 9.80 Å². The molecule has 2 unspecified atom stereocenters. The molecule has 20 nitrogen and oxygen atoms in total. The third kappa shape index (κ3) is 13.9. The van der Waals surface area contributed by atoms with Crippen LogP contribution in [0.3, 0.4) is 0 Å². The first-order valence-electron chi connectivity index (χ1n) is 17.7. The average Bonchev–Trinajstić information content (AvgIpc) is 3.19. The number of nitrogens with zero attached hydrogens (tertiary/aromatic N) is 2. The molecule has 0 saturated carbocycles. The summed E-state index contributed by atoms with van der Waals surface area (Å²) in [5, 5.41) is 87.4. The highest BCUT2D eigenvalue weighted by molar-refractivity contribution is 14.1. The van der Waals surface area contributed by atoms with Gasteiger partial charge in [-0.2, -0.15) is 0 Å². The number of benzene rings is 2. The number of hydrogen-bond acceptors (Lipinski definition) is 14. The van der Waals surface area contributed by atoms with Crippen LogP contribution in [0.15, 0.2) is 0 Å². The number of anilines is 2. The molecule has 0 spiro atoms. The molecule has 0 bridgehead atoms. The van der Waals surface area contributed by atoms with Crippen LogP contribution in [0.2, 0.25) is 0 Å². The molecule has 0 aliphatic heterocycles. The van der Waals surface area contributed by atoms with E-state index in [1.54, 1.807) is 45.2 Å². The fourth-order valence-electron chi connectivity index (χ4n) is 5.57. The summed E-state index contributed by atoms with van der Waals surface area (Å²) in [6.45, 7) is -2.24. The zero-order valence-corrected chi connectivity index (χ0v) is 40.4. The number of aliphatic hydroxyl groups excluding tert-OH is 8. The summed E-state index contributed by atoms with van der Waals surface area (Å²) in [5.41, 5.74) is 0.540. The van der Waals surface area contributed by atoms with Crippen LogP contribution in [0.25, 0.3) is 0 Å². The second-order valence-electron chi connectivity index (χ2n) is 12.7. The first-order valence-corrected chi connectivity index (χ1v) is 22.0. The summed E-state index contributed by atoms with van der Waals surface area (Å²) in [4.78, 5) is 81.9. The van der Waals surface area contributed by atoms with Crippen LogP contribution in [-0.2, 0) is 9.59 Å². The predicted octanol–water partition coefficient (Wildman–Crippen LogP) is -1.29. The Morgan fingerprint density at radius 1 is 0.559 bits per heavy atom. The number of halogens is 4. The Balaban J connectivity index is 2.45. The molecule has 0 aliphatic rings. The highest BCUT2D eigenvalue weighted by atomic mass is 127. The minimum absolute atomic E-state index is 0.00143. The molecule has 2 atom stereocenters. The highest BCUT2D eigenvalue weighted by Crippen LogP contribution is 2.37. The van der Waals surface area contributed by atoms with E-state index in [2.05, 4.69) is 21.3 Å². The molecule has 59 heavy (non-hydrogen) atoms. The van der Waals surface area contributed by atoms with Crippen LogP contribution >= 0.6 is 90.4 Å². The Hall–Kier alpha value is -2.14. The van der Waals surface area contributed by atoms with Crippen molar-refractivity contribution >= 4 is 137 Å². The van der Waals surface area contributed by atoms with Gasteiger partial charge in [0, 0.05) is 46.4 Å². The first-order chi connectivity index (χ1) is 27.9. The normalized spacial score (nSPS) is 12.0. The van der Waals surface area contributed by atoms with Crippen molar-refractivity contribution < 1.29 is 69.6 Å². The lowest BCUT2D eigenvalue weighted by Crippen LogP contribution is -2.41. The monoisotopic (exact) mass is 1280 g/mol. The van der Waals surface area contributed by atoms with Crippen LogP contribution < -0.4 is 21.3 Å². The van der Waals surface area contributed by atoms with E-state index < -0.39 is 87.3 Å². The van der Waals surface area contributed by atoms with Gasteiger partial charge in [0.2, 0.25) is 11.8 Å². The Labute approximate surface area is 393 Å². The summed E-state index contributed by atoms with van der Waals surface area (Å²) in [7, 11) is 0. The molecule has 0 saturated heterocycles. The first kappa shape index (κ1) is 53.0. The van der Waals surface area contributed by atoms with Crippen LogP contribution in [0.5, 0.6) is 0 Å². The number of carbonyl (C=O) groups excluding carboxylic acids is 6. The van der Waals surface area contributed by atoms with Gasteiger partial charge >= 0.3 is 0 Å². The minimum atomic E-state index is -1.33. The average molecular weight is 1280 g/mol. The number of nitrogens with one attached hydrogen (secondary N) is 4. The van der Waals surface area contributed by atoms with Crippen molar-refractivity contribution in [2.75, 3.05) is 89.5 Å². The summed E-state index contributed by atoms with van der Waals surface area (Å²) < 4.78 is 0.792. The van der Waals surface area contributed by atoms with Gasteiger partial charge in [-0.15, -0.1) is 0 Å². The molecule has 24 heteroatoms. The molecule has 6 amide bonds. The van der Waals surface area contributed by atoms with E-state index in [0.29, 0.717) is 0 Å². The maximum Gasteiger partial charge on any atom is 0.256 e. The van der Waals surface area contributed by atoms with Crippen molar-refractivity contribution in [3.63, 3.8) is 0 Å². The molecule has 12 N–H and O–H groups in total. The third-order valence-corrected chi connectivity index (χ3v) is 12.8. The van der Waals surface area contributed by atoms with Gasteiger partial charge in [-0.05, 0) is 122 Å². The summed E-state index contributed by atoms with van der Waals surface area (Å²) in [5.74, 6) is -4.41. The smallest absolute Gasteiger partial charge is 0.256 e. The number of carbonyl (C=O) groups is 6. The molecule has 0 fully saturated rings. The zero-order chi connectivity index (χ0) is 44.7. The summed E-state index contributed by atoms with van der Waals surface area (Å²) in [6.07, 6.45) is -2.51. The number of rotatable bonds is 22. The summed E-state index contributed by atoms with van der Waals surface area (Å²) >= 11 is 7.24. The minimum Gasteiger partial charge on any atom is -0.395 e. The fourth-order valence-corrected chi connectivity index (χ4v) is 11.0. The fraction of sp³-hybridized carbons (Fsp3) is 0.486. The van der Waals surface area contributed by atoms with Gasteiger partial charge in [0.05, 0.1) is 79.4 Å². The van der Waals surface area contributed by atoms with E-state index in [1.165, 1.54) is 13.8 Å². The lowest BCUT2D eigenvalue weighted by atomic mass is 10.00. The van der Waals surface area contributed by atoms with E-state index in [9.17, 15) is 69.6 Å². The standard InChI is InChI=1S/C35H46I4N6O14/c1-16-22(26(36)25(29(39)30(16)42-20(54)14-50)35(59)45(7-9-47)11-19(53)13-49)32(56)40-4-3-5-41-33(57)24-27(37)23(17(2)31(28(24)38)43-21(55)15-51)34(58)44(6-8-46)10-18(52)12-48/h18-19,46-53H,3-15H2,1-2H3,(H,40,56)(H,41,57)(H,42,54)(H,43,55). The van der Waals surface area contributed by atoms with Gasteiger partial charge in [-0.3, -0.25) is 28.8 Å². The van der Waals surface area contributed by atoms with Crippen molar-refractivity contribution in [1.29, 1.82) is 0 Å². The topological polar surface area (TPSA) is 319 Å². The van der Waals surface area contributed by atoms with E-state index in [4.69, 9.17) is 0 Å². The summed E-state index contributed by atoms with van der Waals surface area (Å²) in [6, 6.07) is 0. The molecule has 328 valence electrons. The lowest BCUT2D eigenvalue weighted by molar-refractivity contribution is -0.119. The Morgan fingerprint density at radius 2 is 0.932 bits per heavy atom. The second kappa shape index (κ2) is 25.7. The van der Waals surface area contributed by atoms with Gasteiger partial charge in [-0.25, -0.2) is 0 Å². The quantitative estimate of drug-likeness (QED) is 0.0483. The number of aliphatic hydroxyl groups is 8.